The molecule has 0 radical (unpaired) electrons. The Morgan fingerprint density at radius 2 is 1.77 bits per heavy atom. The molecule has 1 saturated heterocycles. The maximum absolute atomic E-state index is 7.90. The second kappa shape index (κ2) is 11.5. The third-order valence-corrected chi connectivity index (χ3v) is 8.07. The molecule has 0 atom stereocenters. The molecule has 0 bridgehead atoms. The van der Waals surface area contributed by atoms with Crippen LogP contribution in [0.1, 0.15) is 48.1 Å². The van der Waals surface area contributed by atoms with Gasteiger partial charge in [0.2, 0.25) is 0 Å². The van der Waals surface area contributed by atoms with Gasteiger partial charge in [-0.3, -0.25) is 0 Å². The first-order valence-corrected chi connectivity index (χ1v) is 13.2. The van der Waals surface area contributed by atoms with Crippen molar-refractivity contribution in [1.82, 2.24) is 4.90 Å². The quantitative estimate of drug-likeness (QED) is 0.167. The fourth-order valence-corrected chi connectivity index (χ4v) is 5.93. The number of ether oxygens (including phenoxy) is 1. The van der Waals surface area contributed by atoms with Crippen molar-refractivity contribution in [2.24, 2.45) is 0 Å². The minimum atomic E-state index is 0.615. The van der Waals surface area contributed by atoms with Crippen LogP contribution >= 0.6 is 11.3 Å². The van der Waals surface area contributed by atoms with E-state index in [0.29, 0.717) is 11.6 Å². The lowest BCUT2D eigenvalue weighted by Gasteiger charge is -2.32. The highest BCUT2D eigenvalue weighted by atomic mass is 32.1. The fourth-order valence-electron chi connectivity index (χ4n) is 4.94. The molecule has 3 aromatic carbocycles. The largest absolute Gasteiger partial charge is 0.493 e. The Morgan fingerprint density at radius 3 is 2.54 bits per heavy atom. The molecule has 35 heavy (non-hydrogen) atoms. The molecule has 0 aliphatic carbocycles. The summed E-state index contributed by atoms with van der Waals surface area (Å²) in [5, 5.41) is 11.7. The van der Waals surface area contributed by atoms with Crippen LogP contribution in [0.3, 0.4) is 0 Å². The number of aryl methyl sites for hydroxylation is 1. The lowest BCUT2D eigenvalue weighted by molar-refractivity contribution is 0.193. The van der Waals surface area contributed by atoms with Gasteiger partial charge in [0.05, 0.1) is 6.61 Å². The number of nitrogens with one attached hydrogen (secondary N) is 1. The summed E-state index contributed by atoms with van der Waals surface area (Å²) in [7, 11) is 0. The van der Waals surface area contributed by atoms with E-state index >= 15 is 0 Å². The van der Waals surface area contributed by atoms with Crippen LogP contribution in [0.5, 0.6) is 5.75 Å². The topological polar surface area (TPSA) is 36.3 Å². The van der Waals surface area contributed by atoms with Gasteiger partial charge in [-0.2, -0.15) is 0 Å². The molecular formula is C31H34N2OS. The lowest BCUT2D eigenvalue weighted by Crippen LogP contribution is -2.34. The van der Waals surface area contributed by atoms with Gasteiger partial charge in [0.25, 0.3) is 0 Å². The molecule has 0 spiro atoms. The number of thiophene rings is 1. The Morgan fingerprint density at radius 1 is 1.03 bits per heavy atom. The number of hydrogen-bond donors (Lipinski definition) is 1. The van der Waals surface area contributed by atoms with Gasteiger partial charge in [-0.05, 0) is 86.7 Å². The van der Waals surface area contributed by atoms with E-state index in [4.69, 9.17) is 10.1 Å². The van der Waals surface area contributed by atoms with E-state index in [0.717, 1.165) is 35.6 Å². The lowest BCUT2D eigenvalue weighted by atomic mass is 9.88. The number of rotatable bonds is 7. The number of likely N-dealkylation sites (tertiary alicyclic amines) is 1. The zero-order chi connectivity index (χ0) is 24.8. The Bertz CT molecular complexity index is 1330. The molecule has 1 N–H and O–H groups in total. The Kier molecular flexibility index (Phi) is 8.23. The molecule has 180 valence electrons. The highest BCUT2D eigenvalue weighted by Gasteiger charge is 2.20. The summed E-state index contributed by atoms with van der Waals surface area (Å²) in [6.45, 7) is 8.16. The Hall–Kier alpha value is -3.13. The molecule has 4 heteroatoms. The van der Waals surface area contributed by atoms with Crippen molar-refractivity contribution < 1.29 is 4.74 Å². The minimum Gasteiger partial charge on any atom is -0.493 e. The summed E-state index contributed by atoms with van der Waals surface area (Å²) in [6.07, 6.45) is 11.5. The van der Waals surface area contributed by atoms with Gasteiger partial charge in [-0.15, -0.1) is 24.2 Å². The van der Waals surface area contributed by atoms with E-state index in [1.54, 1.807) is 11.3 Å². The van der Waals surface area contributed by atoms with Gasteiger partial charge in [-0.25, -0.2) is 0 Å². The van der Waals surface area contributed by atoms with Gasteiger partial charge in [0.15, 0.2) is 0 Å². The summed E-state index contributed by atoms with van der Waals surface area (Å²) >= 11 is 1.67. The van der Waals surface area contributed by atoms with Crippen molar-refractivity contribution in [3.8, 4) is 18.6 Å². The van der Waals surface area contributed by atoms with Gasteiger partial charge in [0.1, 0.15) is 5.75 Å². The van der Waals surface area contributed by atoms with Crippen LogP contribution in [0.15, 0.2) is 60.7 Å². The van der Waals surface area contributed by atoms with Crippen LogP contribution < -0.4 is 4.74 Å². The first-order chi connectivity index (χ1) is 17.1. The molecule has 4 aromatic rings. The fraction of sp³-hybridized carbons (Fsp3) is 0.323. The van der Waals surface area contributed by atoms with Crippen molar-refractivity contribution >= 4 is 37.9 Å². The molecule has 0 saturated carbocycles. The maximum atomic E-state index is 7.90. The predicted octanol–water partition coefficient (Wildman–Crippen LogP) is 7.65. The summed E-state index contributed by atoms with van der Waals surface area (Å²) in [6, 6.07) is 22.1. The number of nitrogens with zero attached hydrogens (tertiary/aromatic N) is 1. The molecule has 2 heterocycles. The molecule has 1 aliphatic rings. The van der Waals surface area contributed by atoms with E-state index in [2.05, 4.69) is 85.3 Å². The first kappa shape index (κ1) is 25.0. The van der Waals surface area contributed by atoms with Crippen LogP contribution in [-0.4, -0.2) is 36.9 Å². The molecule has 0 unspecified atom stereocenters. The van der Waals surface area contributed by atoms with E-state index in [-0.39, 0.29) is 0 Å². The summed E-state index contributed by atoms with van der Waals surface area (Å²) < 4.78 is 7.35. The third kappa shape index (κ3) is 5.93. The average Bonchev–Trinajstić information content (AvgIpc) is 3.34. The summed E-state index contributed by atoms with van der Waals surface area (Å²) in [4.78, 5) is 3.61. The van der Waals surface area contributed by atoms with Crippen LogP contribution in [0.4, 0.5) is 0 Å². The SMILES string of the molecule is C#C.CC(=N)c1cc2c(OCCCN3CCC(c4ccc5cc(C)ccc5c4)CC3)cccc2s1. The van der Waals surface area contributed by atoms with E-state index < -0.39 is 0 Å². The van der Waals surface area contributed by atoms with Gasteiger partial charge in [-0.1, -0.05) is 48.0 Å². The van der Waals surface area contributed by atoms with Gasteiger partial charge >= 0.3 is 0 Å². The highest BCUT2D eigenvalue weighted by Crippen LogP contribution is 2.33. The number of hydrogen-bond acceptors (Lipinski definition) is 4. The van der Waals surface area contributed by atoms with Crippen molar-refractivity contribution in [3.05, 3.63) is 76.7 Å². The Labute approximate surface area is 213 Å². The van der Waals surface area contributed by atoms with E-state index in [1.165, 1.54) is 52.5 Å². The zero-order valence-electron chi connectivity index (χ0n) is 20.7. The predicted molar refractivity (Wildman–Crippen MR) is 151 cm³/mol. The normalized spacial score (nSPS) is 14.5. The number of piperidine rings is 1. The zero-order valence-corrected chi connectivity index (χ0v) is 21.5. The smallest absolute Gasteiger partial charge is 0.127 e. The average molecular weight is 483 g/mol. The molecule has 1 aromatic heterocycles. The van der Waals surface area contributed by atoms with Crippen LogP contribution in [-0.2, 0) is 0 Å². The number of terminal acetylenes is 1. The van der Waals surface area contributed by atoms with Gasteiger partial charge < -0.3 is 15.0 Å². The molecule has 1 aliphatic heterocycles. The van der Waals surface area contributed by atoms with Crippen LogP contribution in [0, 0.1) is 25.2 Å². The molecule has 1 fully saturated rings. The molecule has 3 nitrogen and oxygen atoms in total. The summed E-state index contributed by atoms with van der Waals surface area (Å²) in [5.74, 6) is 1.62. The van der Waals surface area contributed by atoms with Crippen LogP contribution in [0.2, 0.25) is 0 Å². The van der Waals surface area contributed by atoms with Crippen molar-refractivity contribution in [2.45, 2.75) is 39.0 Å². The van der Waals surface area contributed by atoms with Gasteiger partial charge in [0, 0.05) is 27.2 Å². The third-order valence-electron chi connectivity index (χ3n) is 6.85. The number of fused-ring (bicyclic) bond motifs is 2. The van der Waals surface area contributed by atoms with Crippen LogP contribution in [0.25, 0.3) is 20.9 Å². The maximum Gasteiger partial charge on any atom is 0.127 e. The highest BCUT2D eigenvalue weighted by molar-refractivity contribution is 7.20. The first-order valence-electron chi connectivity index (χ1n) is 12.3. The van der Waals surface area contributed by atoms with E-state index in [1.807, 2.05) is 6.92 Å². The second-order valence-corrected chi connectivity index (χ2v) is 10.4. The minimum absolute atomic E-state index is 0.615. The monoisotopic (exact) mass is 482 g/mol. The van der Waals surface area contributed by atoms with E-state index in [9.17, 15) is 0 Å². The molecular weight excluding hydrogens is 448 g/mol. The Balaban J connectivity index is 0.00000141. The standard InChI is InChI=1S/C29H32N2OS.C2H2/c1-20-7-8-25-18-24(10-9-23(25)17-20)22-11-14-31(15-12-22)13-4-16-32-27-5-3-6-28-26(27)19-29(33-28)21(2)30;1-2/h3,5-10,17-19,22,30H,4,11-16H2,1-2H3;1-2H. The molecule has 5 rings (SSSR count). The second-order valence-electron chi connectivity index (χ2n) is 9.33. The van der Waals surface area contributed by atoms with Crippen molar-refractivity contribution in [3.63, 3.8) is 0 Å². The summed E-state index contributed by atoms with van der Waals surface area (Å²) in [5.41, 5.74) is 3.44. The number of benzene rings is 3. The molecule has 0 amide bonds. The van der Waals surface area contributed by atoms with Crippen molar-refractivity contribution in [1.29, 1.82) is 5.41 Å². The van der Waals surface area contributed by atoms with Crippen molar-refractivity contribution in [2.75, 3.05) is 26.2 Å².